The van der Waals surface area contributed by atoms with Crippen LogP contribution in [0.1, 0.15) is 18.7 Å². The Morgan fingerprint density at radius 2 is 2.24 bits per heavy atom. The van der Waals surface area contributed by atoms with E-state index in [4.69, 9.17) is 14.0 Å². The van der Waals surface area contributed by atoms with E-state index in [-0.39, 0.29) is 6.10 Å². The van der Waals surface area contributed by atoms with E-state index in [2.05, 4.69) is 26.6 Å². The molecule has 1 saturated heterocycles. The SMILES string of the molecule is C=CCC[C@@H](CN1CCOCC1)Oc1cc(-c2nc(C)no2)ccn1. The highest BCUT2D eigenvalue weighted by Crippen LogP contribution is 2.22. The van der Waals surface area contributed by atoms with Gasteiger partial charge in [-0.3, -0.25) is 4.90 Å². The van der Waals surface area contributed by atoms with Gasteiger partial charge in [-0.15, -0.1) is 6.58 Å². The molecule has 0 aromatic carbocycles. The Kier molecular flexibility index (Phi) is 6.14. The Morgan fingerprint density at radius 1 is 1.40 bits per heavy atom. The van der Waals surface area contributed by atoms with E-state index in [1.165, 1.54) is 0 Å². The van der Waals surface area contributed by atoms with Gasteiger partial charge in [-0.05, 0) is 25.8 Å². The van der Waals surface area contributed by atoms with E-state index >= 15 is 0 Å². The Bertz CT molecular complexity index is 682. The summed E-state index contributed by atoms with van der Waals surface area (Å²) in [6.07, 6.45) is 5.46. The molecule has 0 amide bonds. The third-order valence-electron chi connectivity index (χ3n) is 4.06. The summed E-state index contributed by atoms with van der Waals surface area (Å²) < 4.78 is 16.8. The zero-order valence-electron chi connectivity index (χ0n) is 14.6. The van der Waals surface area contributed by atoms with Crippen molar-refractivity contribution in [3.05, 3.63) is 36.8 Å². The molecular formula is C18H24N4O3. The summed E-state index contributed by atoms with van der Waals surface area (Å²) in [6, 6.07) is 3.67. The van der Waals surface area contributed by atoms with Crippen LogP contribution in [-0.4, -0.2) is 59.0 Å². The van der Waals surface area contributed by atoms with Crippen molar-refractivity contribution < 1.29 is 14.0 Å². The van der Waals surface area contributed by atoms with Gasteiger partial charge in [0.25, 0.3) is 5.89 Å². The lowest BCUT2D eigenvalue weighted by molar-refractivity contribution is 0.0174. The van der Waals surface area contributed by atoms with Crippen molar-refractivity contribution in [2.24, 2.45) is 0 Å². The fourth-order valence-electron chi connectivity index (χ4n) is 2.75. The maximum Gasteiger partial charge on any atom is 0.258 e. The van der Waals surface area contributed by atoms with Crippen LogP contribution >= 0.6 is 0 Å². The summed E-state index contributed by atoms with van der Waals surface area (Å²) in [4.78, 5) is 10.9. The van der Waals surface area contributed by atoms with Crippen molar-refractivity contribution in [1.82, 2.24) is 20.0 Å². The molecule has 1 aliphatic rings. The van der Waals surface area contributed by atoms with Crippen molar-refractivity contribution in [3.63, 3.8) is 0 Å². The largest absolute Gasteiger partial charge is 0.473 e. The van der Waals surface area contributed by atoms with E-state index in [0.717, 1.165) is 51.3 Å². The molecule has 1 fully saturated rings. The van der Waals surface area contributed by atoms with E-state index in [1.54, 1.807) is 13.1 Å². The molecule has 3 heterocycles. The number of pyridine rings is 1. The molecule has 2 aromatic rings. The van der Waals surface area contributed by atoms with Crippen LogP contribution in [0.4, 0.5) is 0 Å². The summed E-state index contributed by atoms with van der Waals surface area (Å²) in [5.74, 6) is 1.64. The average Bonchev–Trinajstić information content (AvgIpc) is 3.07. The highest BCUT2D eigenvalue weighted by atomic mass is 16.5. The van der Waals surface area contributed by atoms with Gasteiger partial charge in [0.1, 0.15) is 6.10 Å². The van der Waals surface area contributed by atoms with E-state index in [9.17, 15) is 0 Å². The fourth-order valence-corrected chi connectivity index (χ4v) is 2.75. The maximum absolute atomic E-state index is 6.16. The number of hydrogen-bond acceptors (Lipinski definition) is 7. The highest BCUT2D eigenvalue weighted by Gasteiger charge is 2.19. The second-order valence-electron chi connectivity index (χ2n) is 6.05. The molecule has 1 aliphatic heterocycles. The van der Waals surface area contributed by atoms with E-state index in [1.807, 2.05) is 18.2 Å². The van der Waals surface area contributed by atoms with Crippen molar-refractivity contribution in [1.29, 1.82) is 0 Å². The van der Waals surface area contributed by atoms with Gasteiger partial charge in [0.05, 0.1) is 13.2 Å². The van der Waals surface area contributed by atoms with E-state index in [0.29, 0.717) is 17.6 Å². The van der Waals surface area contributed by atoms with Gasteiger partial charge in [-0.2, -0.15) is 4.98 Å². The number of allylic oxidation sites excluding steroid dienone is 1. The molecule has 25 heavy (non-hydrogen) atoms. The fraction of sp³-hybridized carbons (Fsp3) is 0.500. The second-order valence-corrected chi connectivity index (χ2v) is 6.05. The molecule has 0 spiro atoms. The lowest BCUT2D eigenvalue weighted by Gasteiger charge is -2.30. The maximum atomic E-state index is 6.16. The molecule has 2 aromatic heterocycles. The molecule has 7 heteroatoms. The smallest absolute Gasteiger partial charge is 0.258 e. The van der Waals surface area contributed by atoms with Gasteiger partial charge in [0.2, 0.25) is 5.88 Å². The third-order valence-corrected chi connectivity index (χ3v) is 4.06. The molecule has 0 N–H and O–H groups in total. The molecule has 1 atom stereocenters. The normalized spacial score (nSPS) is 16.5. The van der Waals surface area contributed by atoms with Gasteiger partial charge in [-0.1, -0.05) is 11.2 Å². The molecule has 134 valence electrons. The summed E-state index contributed by atoms with van der Waals surface area (Å²) in [7, 11) is 0. The second kappa shape index (κ2) is 8.73. The topological polar surface area (TPSA) is 73.5 Å². The number of aryl methyl sites for hydroxylation is 1. The molecular weight excluding hydrogens is 320 g/mol. The summed E-state index contributed by atoms with van der Waals surface area (Å²) in [6.45, 7) is 9.87. The van der Waals surface area contributed by atoms with Crippen LogP contribution in [0.15, 0.2) is 35.5 Å². The highest BCUT2D eigenvalue weighted by molar-refractivity contribution is 5.53. The zero-order chi connectivity index (χ0) is 17.5. The minimum absolute atomic E-state index is 0.0447. The number of nitrogens with zero attached hydrogens (tertiary/aromatic N) is 4. The van der Waals surface area contributed by atoms with Crippen molar-refractivity contribution in [2.75, 3.05) is 32.8 Å². The Balaban J connectivity index is 1.68. The predicted molar refractivity (Wildman–Crippen MR) is 93.4 cm³/mol. The number of hydrogen-bond donors (Lipinski definition) is 0. The molecule has 0 unspecified atom stereocenters. The van der Waals surface area contributed by atoms with Gasteiger partial charge in [0.15, 0.2) is 5.82 Å². The zero-order valence-corrected chi connectivity index (χ0v) is 14.6. The Hall–Kier alpha value is -2.25. The first-order valence-corrected chi connectivity index (χ1v) is 8.59. The minimum atomic E-state index is 0.0447. The first-order valence-electron chi connectivity index (χ1n) is 8.59. The van der Waals surface area contributed by atoms with E-state index < -0.39 is 0 Å². The molecule has 7 nitrogen and oxygen atoms in total. The lowest BCUT2D eigenvalue weighted by Crippen LogP contribution is -2.42. The molecule has 0 radical (unpaired) electrons. The monoisotopic (exact) mass is 344 g/mol. The number of ether oxygens (including phenoxy) is 2. The van der Waals surface area contributed by atoms with Gasteiger partial charge >= 0.3 is 0 Å². The van der Waals surface area contributed by atoms with Gasteiger partial charge in [0, 0.05) is 37.5 Å². The van der Waals surface area contributed by atoms with Crippen LogP contribution in [0.2, 0.25) is 0 Å². The van der Waals surface area contributed by atoms with Crippen LogP contribution in [0.3, 0.4) is 0 Å². The van der Waals surface area contributed by atoms with Crippen LogP contribution in [-0.2, 0) is 4.74 Å². The molecule has 0 saturated carbocycles. The van der Waals surface area contributed by atoms with Crippen LogP contribution in [0, 0.1) is 6.92 Å². The Labute approximate surface area is 147 Å². The average molecular weight is 344 g/mol. The Morgan fingerprint density at radius 3 is 2.96 bits per heavy atom. The van der Waals surface area contributed by atoms with Gasteiger partial charge in [-0.25, -0.2) is 4.98 Å². The third kappa shape index (κ3) is 5.11. The van der Waals surface area contributed by atoms with Crippen molar-refractivity contribution in [3.8, 4) is 17.3 Å². The summed E-state index contributed by atoms with van der Waals surface area (Å²) in [5.41, 5.74) is 0.805. The van der Waals surface area contributed by atoms with Crippen molar-refractivity contribution >= 4 is 0 Å². The number of aromatic nitrogens is 3. The summed E-state index contributed by atoms with van der Waals surface area (Å²) in [5, 5.41) is 3.82. The van der Waals surface area contributed by atoms with Gasteiger partial charge < -0.3 is 14.0 Å². The number of morpholine rings is 1. The molecule has 0 aliphatic carbocycles. The van der Waals surface area contributed by atoms with Crippen molar-refractivity contribution in [2.45, 2.75) is 25.9 Å². The predicted octanol–water partition coefficient (Wildman–Crippen LogP) is 2.49. The first-order chi connectivity index (χ1) is 12.2. The molecule has 0 bridgehead atoms. The number of rotatable bonds is 8. The minimum Gasteiger partial charge on any atom is -0.473 e. The van der Waals surface area contributed by atoms with Crippen LogP contribution < -0.4 is 4.74 Å². The van der Waals surface area contributed by atoms with Crippen LogP contribution in [0.25, 0.3) is 11.5 Å². The molecule has 3 rings (SSSR count). The van der Waals surface area contributed by atoms with Crippen LogP contribution in [0.5, 0.6) is 5.88 Å². The first kappa shape index (κ1) is 17.6. The summed E-state index contributed by atoms with van der Waals surface area (Å²) >= 11 is 0. The standard InChI is InChI=1S/C18H24N4O3/c1-3-4-5-16(13-22-8-10-23-11-9-22)24-17-12-15(6-7-19-17)18-20-14(2)21-25-18/h3,6-7,12,16H,1,4-5,8-11,13H2,2H3/t16-/m0/s1. The lowest BCUT2D eigenvalue weighted by atomic mass is 10.1. The quantitative estimate of drug-likeness (QED) is 0.681.